The maximum absolute atomic E-state index is 12.9. The molecule has 0 aromatic carbocycles. The first-order chi connectivity index (χ1) is 35.5. The summed E-state index contributed by atoms with van der Waals surface area (Å²) in [5, 5.41) is 0. The van der Waals surface area contributed by atoms with Crippen LogP contribution in [0, 0.1) is 0 Å². The quantitative estimate of drug-likeness (QED) is 0.0261. The standard InChI is InChI=1S/C66H112O6/c1-4-7-10-13-16-19-22-24-26-28-30-31-32-33-34-35-36-38-39-41-44-47-50-53-56-59-65(68)71-62-63(61-70-64(67)58-55-52-49-46-43-21-18-15-12-9-6-3)72-66(69)60-57-54-51-48-45-42-40-37-29-27-25-23-20-17-14-11-8-5-2/h7,10,16,19,24,26-27,29-31,33-34,36,38,41,44,63H,4-6,8-9,11-15,17-18,20-23,25,28,32,35,37,39-40,42-43,45-62H2,1-3H3/b10-7-,19-16-,26-24-,29-27-,31-30-,34-33-,38-36-,44-41-. The molecule has 6 nitrogen and oxygen atoms in total. The van der Waals surface area contributed by atoms with E-state index in [-0.39, 0.29) is 31.1 Å². The van der Waals surface area contributed by atoms with Gasteiger partial charge in [0.15, 0.2) is 6.10 Å². The van der Waals surface area contributed by atoms with Crippen LogP contribution in [0.25, 0.3) is 0 Å². The van der Waals surface area contributed by atoms with Gasteiger partial charge in [-0.2, -0.15) is 0 Å². The molecule has 1 unspecified atom stereocenters. The molecular weight excluding hydrogens is 889 g/mol. The molecule has 0 saturated carbocycles. The van der Waals surface area contributed by atoms with Gasteiger partial charge in [-0.15, -0.1) is 0 Å². The Balaban J connectivity index is 4.39. The summed E-state index contributed by atoms with van der Waals surface area (Å²) in [6.45, 7) is 6.50. The number of carbonyl (C=O) groups excluding carboxylic acids is 3. The van der Waals surface area contributed by atoms with Gasteiger partial charge in [0.05, 0.1) is 0 Å². The molecule has 6 heteroatoms. The summed E-state index contributed by atoms with van der Waals surface area (Å²) in [7, 11) is 0. The van der Waals surface area contributed by atoms with Gasteiger partial charge in [-0.05, 0) is 103 Å². The largest absolute Gasteiger partial charge is 0.462 e. The lowest BCUT2D eigenvalue weighted by atomic mass is 10.1. The molecule has 412 valence electrons. The van der Waals surface area contributed by atoms with E-state index < -0.39 is 6.10 Å². The molecule has 0 amide bonds. The van der Waals surface area contributed by atoms with Gasteiger partial charge in [-0.3, -0.25) is 14.4 Å². The molecule has 1 atom stereocenters. The van der Waals surface area contributed by atoms with Gasteiger partial charge in [0, 0.05) is 19.3 Å². The highest BCUT2D eigenvalue weighted by atomic mass is 16.6. The Morgan fingerprint density at radius 3 is 0.875 bits per heavy atom. The normalized spacial score (nSPS) is 12.8. The monoisotopic (exact) mass is 1000 g/mol. The second kappa shape index (κ2) is 59.9. The average molecular weight is 1000 g/mol. The molecule has 0 saturated heterocycles. The van der Waals surface area contributed by atoms with E-state index in [1.807, 2.05) is 0 Å². The van der Waals surface area contributed by atoms with Gasteiger partial charge in [-0.25, -0.2) is 0 Å². The first kappa shape index (κ1) is 68.3. The van der Waals surface area contributed by atoms with Crippen LogP contribution in [0.1, 0.15) is 284 Å². The summed E-state index contributed by atoms with van der Waals surface area (Å²) in [5.41, 5.74) is 0. The summed E-state index contributed by atoms with van der Waals surface area (Å²) < 4.78 is 16.8. The van der Waals surface area contributed by atoms with Gasteiger partial charge in [0.1, 0.15) is 13.2 Å². The van der Waals surface area contributed by atoms with Crippen LogP contribution in [0.3, 0.4) is 0 Å². The molecule has 0 aromatic heterocycles. The molecule has 0 N–H and O–H groups in total. The van der Waals surface area contributed by atoms with E-state index in [0.29, 0.717) is 19.3 Å². The third-order valence-electron chi connectivity index (χ3n) is 12.8. The number of allylic oxidation sites excluding steroid dienone is 16. The van der Waals surface area contributed by atoms with Crippen molar-refractivity contribution >= 4 is 17.9 Å². The maximum Gasteiger partial charge on any atom is 0.306 e. The van der Waals surface area contributed by atoms with E-state index in [4.69, 9.17) is 14.2 Å². The molecule has 0 radical (unpaired) electrons. The van der Waals surface area contributed by atoms with Gasteiger partial charge < -0.3 is 14.2 Å². The lowest BCUT2D eigenvalue weighted by molar-refractivity contribution is -0.167. The Labute approximate surface area is 445 Å². The van der Waals surface area contributed by atoms with Crippen LogP contribution in [0.2, 0.25) is 0 Å². The molecule has 0 aromatic rings. The van der Waals surface area contributed by atoms with Crippen molar-refractivity contribution in [2.45, 2.75) is 290 Å². The number of hydrogen-bond donors (Lipinski definition) is 0. The number of hydrogen-bond acceptors (Lipinski definition) is 6. The highest BCUT2D eigenvalue weighted by Crippen LogP contribution is 2.15. The van der Waals surface area contributed by atoms with Crippen LogP contribution in [0.15, 0.2) is 97.2 Å². The molecule has 0 aliphatic rings. The van der Waals surface area contributed by atoms with Gasteiger partial charge in [-0.1, -0.05) is 259 Å². The predicted octanol–water partition coefficient (Wildman–Crippen LogP) is 20.5. The minimum Gasteiger partial charge on any atom is -0.462 e. The minimum atomic E-state index is -0.793. The number of ether oxygens (including phenoxy) is 3. The molecule has 0 fully saturated rings. The molecule has 0 rings (SSSR count). The fourth-order valence-corrected chi connectivity index (χ4v) is 8.30. The van der Waals surface area contributed by atoms with E-state index in [1.165, 1.54) is 135 Å². The van der Waals surface area contributed by atoms with Crippen LogP contribution < -0.4 is 0 Å². The Morgan fingerprint density at radius 2 is 0.542 bits per heavy atom. The van der Waals surface area contributed by atoms with Gasteiger partial charge >= 0.3 is 17.9 Å². The Hall–Kier alpha value is -3.67. The van der Waals surface area contributed by atoms with E-state index in [9.17, 15) is 14.4 Å². The molecule has 0 heterocycles. The summed E-state index contributed by atoms with van der Waals surface area (Å²) in [5.74, 6) is -0.921. The highest BCUT2D eigenvalue weighted by molar-refractivity contribution is 5.71. The molecule has 0 bridgehead atoms. The molecular formula is C66H112O6. The third kappa shape index (κ3) is 57.2. The van der Waals surface area contributed by atoms with E-state index >= 15 is 0 Å². The van der Waals surface area contributed by atoms with Crippen LogP contribution in [0.5, 0.6) is 0 Å². The summed E-state index contributed by atoms with van der Waals surface area (Å²) in [6.07, 6.45) is 79.7. The summed E-state index contributed by atoms with van der Waals surface area (Å²) in [4.78, 5) is 38.2. The maximum atomic E-state index is 12.9. The van der Waals surface area contributed by atoms with Gasteiger partial charge in [0.25, 0.3) is 0 Å². The topological polar surface area (TPSA) is 78.9 Å². The number of unbranched alkanes of at least 4 members (excludes halogenated alkanes) is 27. The average Bonchev–Trinajstić information content (AvgIpc) is 3.38. The van der Waals surface area contributed by atoms with E-state index in [0.717, 1.165) is 109 Å². The first-order valence-electron chi connectivity index (χ1n) is 30.2. The third-order valence-corrected chi connectivity index (χ3v) is 12.8. The molecule has 0 aliphatic heterocycles. The lowest BCUT2D eigenvalue weighted by Gasteiger charge is -2.18. The first-order valence-corrected chi connectivity index (χ1v) is 30.2. The highest BCUT2D eigenvalue weighted by Gasteiger charge is 2.19. The second-order valence-corrected chi connectivity index (χ2v) is 19.9. The number of rotatable bonds is 54. The van der Waals surface area contributed by atoms with Crippen molar-refractivity contribution < 1.29 is 28.6 Å². The summed E-state index contributed by atoms with van der Waals surface area (Å²) >= 11 is 0. The second-order valence-electron chi connectivity index (χ2n) is 19.9. The van der Waals surface area contributed by atoms with Crippen molar-refractivity contribution in [1.82, 2.24) is 0 Å². The van der Waals surface area contributed by atoms with Crippen molar-refractivity contribution in [3.63, 3.8) is 0 Å². The molecule has 0 aliphatic carbocycles. The van der Waals surface area contributed by atoms with Crippen molar-refractivity contribution in [3.8, 4) is 0 Å². The minimum absolute atomic E-state index is 0.0882. The number of carbonyl (C=O) groups is 3. The van der Waals surface area contributed by atoms with Crippen molar-refractivity contribution in [3.05, 3.63) is 97.2 Å². The van der Waals surface area contributed by atoms with E-state index in [2.05, 4.69) is 118 Å². The fraction of sp³-hybridized carbons (Fsp3) is 0.712. The Morgan fingerprint density at radius 1 is 0.292 bits per heavy atom. The molecule has 72 heavy (non-hydrogen) atoms. The SMILES string of the molecule is CC/C=C\C/C=C\C/C=C\C/C=C\C/C=C\C/C=C\C/C=C\CCCCCC(=O)OCC(COC(=O)CCCCCCCCCCCCC)OC(=O)CCCCCCCCC/C=C\CCCCCCCCC. The van der Waals surface area contributed by atoms with Crippen LogP contribution in [0.4, 0.5) is 0 Å². The van der Waals surface area contributed by atoms with Crippen molar-refractivity contribution in [1.29, 1.82) is 0 Å². The van der Waals surface area contributed by atoms with Gasteiger partial charge in [0.2, 0.25) is 0 Å². The van der Waals surface area contributed by atoms with Crippen molar-refractivity contribution in [2.75, 3.05) is 13.2 Å². The Bertz CT molecular complexity index is 1430. The van der Waals surface area contributed by atoms with Crippen LogP contribution in [-0.2, 0) is 28.6 Å². The Kier molecular flexibility index (Phi) is 56.8. The summed E-state index contributed by atoms with van der Waals surface area (Å²) in [6, 6.07) is 0. The zero-order valence-electron chi connectivity index (χ0n) is 47.2. The fourth-order valence-electron chi connectivity index (χ4n) is 8.30. The lowest BCUT2D eigenvalue weighted by Crippen LogP contribution is -2.30. The molecule has 0 spiro atoms. The van der Waals surface area contributed by atoms with E-state index in [1.54, 1.807) is 0 Å². The van der Waals surface area contributed by atoms with Crippen LogP contribution in [-0.4, -0.2) is 37.2 Å². The smallest absolute Gasteiger partial charge is 0.306 e. The predicted molar refractivity (Wildman–Crippen MR) is 311 cm³/mol. The zero-order valence-corrected chi connectivity index (χ0v) is 47.2. The van der Waals surface area contributed by atoms with Crippen molar-refractivity contribution in [2.24, 2.45) is 0 Å². The number of esters is 3. The van der Waals surface area contributed by atoms with Crippen LogP contribution >= 0.6 is 0 Å². The zero-order chi connectivity index (χ0) is 52.2.